The van der Waals surface area contributed by atoms with Crippen LogP contribution in [0.5, 0.6) is 0 Å². The number of nitrogens with zero attached hydrogens (tertiary/aromatic N) is 3. The van der Waals surface area contributed by atoms with Gasteiger partial charge in [-0.25, -0.2) is 5.48 Å². The lowest BCUT2D eigenvalue weighted by atomic mass is 10.5. The second-order valence-electron chi connectivity index (χ2n) is 2.38. The number of nitrogens with one attached hydrogen (secondary N) is 1. The van der Waals surface area contributed by atoms with Crippen LogP contribution in [0.1, 0.15) is 12.7 Å². The maximum absolute atomic E-state index is 5.44. The number of terminal acetylenes is 1. The Morgan fingerprint density at radius 2 is 2.29 bits per heavy atom. The number of nitrogens with two attached hydrogens (primary N) is 1. The average molecular weight is 193 g/mol. The SMILES string of the molecule is C#CCONc1nc(N)nc(CC)n1. The van der Waals surface area contributed by atoms with Crippen molar-refractivity contribution in [3.05, 3.63) is 5.82 Å². The molecule has 6 heteroatoms. The molecule has 14 heavy (non-hydrogen) atoms. The van der Waals surface area contributed by atoms with E-state index >= 15 is 0 Å². The van der Waals surface area contributed by atoms with Gasteiger partial charge < -0.3 is 5.73 Å². The summed E-state index contributed by atoms with van der Waals surface area (Å²) in [5.41, 5.74) is 7.92. The van der Waals surface area contributed by atoms with Gasteiger partial charge in [0.2, 0.25) is 5.95 Å². The number of hydrogen-bond acceptors (Lipinski definition) is 6. The molecule has 1 rings (SSSR count). The molecule has 0 spiro atoms. The van der Waals surface area contributed by atoms with E-state index in [0.29, 0.717) is 12.2 Å². The van der Waals surface area contributed by atoms with Gasteiger partial charge >= 0.3 is 0 Å². The van der Waals surface area contributed by atoms with Gasteiger partial charge in [0.25, 0.3) is 5.95 Å². The highest BCUT2D eigenvalue weighted by atomic mass is 16.6. The van der Waals surface area contributed by atoms with Crippen molar-refractivity contribution < 1.29 is 4.84 Å². The Bertz CT molecular complexity index is 346. The van der Waals surface area contributed by atoms with Crippen molar-refractivity contribution in [3.63, 3.8) is 0 Å². The molecule has 0 aliphatic heterocycles. The Hall–Kier alpha value is -1.87. The van der Waals surface area contributed by atoms with Gasteiger partial charge in [-0.3, -0.25) is 4.84 Å². The fraction of sp³-hybridized carbons (Fsp3) is 0.375. The number of aromatic nitrogens is 3. The molecular formula is C8H11N5O. The minimum Gasteiger partial charge on any atom is -0.368 e. The van der Waals surface area contributed by atoms with E-state index in [1.807, 2.05) is 6.92 Å². The van der Waals surface area contributed by atoms with Gasteiger partial charge in [-0.05, 0) is 0 Å². The summed E-state index contributed by atoms with van der Waals surface area (Å²) in [7, 11) is 0. The van der Waals surface area contributed by atoms with E-state index in [4.69, 9.17) is 17.0 Å². The van der Waals surface area contributed by atoms with Gasteiger partial charge in [0.15, 0.2) is 0 Å². The Morgan fingerprint density at radius 3 is 2.93 bits per heavy atom. The summed E-state index contributed by atoms with van der Waals surface area (Å²) >= 11 is 0. The summed E-state index contributed by atoms with van der Waals surface area (Å²) in [4.78, 5) is 16.6. The average Bonchev–Trinajstić information content (AvgIpc) is 2.17. The maximum atomic E-state index is 5.44. The van der Waals surface area contributed by atoms with Crippen LogP contribution in [0.25, 0.3) is 0 Å². The standard InChI is InChI=1S/C8H11N5O/c1-3-5-14-13-8-11-6(4-2)10-7(9)12-8/h1H,4-5H2,2H3,(H3,9,10,11,12,13). The lowest BCUT2D eigenvalue weighted by Gasteiger charge is -2.04. The van der Waals surface area contributed by atoms with Crippen LogP contribution in [0.3, 0.4) is 0 Å². The summed E-state index contributed by atoms with van der Waals surface area (Å²) in [6, 6.07) is 0. The molecule has 0 saturated carbocycles. The number of rotatable bonds is 4. The summed E-state index contributed by atoms with van der Waals surface area (Å²) in [6.45, 7) is 2.05. The van der Waals surface area contributed by atoms with Crippen LogP contribution in [0.15, 0.2) is 0 Å². The zero-order valence-electron chi connectivity index (χ0n) is 7.82. The molecule has 74 valence electrons. The van der Waals surface area contributed by atoms with Crippen molar-refractivity contribution in [2.75, 3.05) is 17.8 Å². The topological polar surface area (TPSA) is 86.0 Å². The lowest BCUT2D eigenvalue weighted by molar-refractivity contribution is 0.230. The zero-order chi connectivity index (χ0) is 10.4. The van der Waals surface area contributed by atoms with E-state index in [0.717, 1.165) is 0 Å². The molecule has 0 aliphatic carbocycles. The minimum absolute atomic E-state index is 0.132. The monoisotopic (exact) mass is 193 g/mol. The summed E-state index contributed by atoms with van der Waals surface area (Å²) < 4.78 is 0. The van der Waals surface area contributed by atoms with Crippen molar-refractivity contribution in [1.29, 1.82) is 0 Å². The van der Waals surface area contributed by atoms with Crippen LogP contribution in [-0.4, -0.2) is 21.6 Å². The summed E-state index contributed by atoms with van der Waals surface area (Å²) in [5, 5.41) is 0. The van der Waals surface area contributed by atoms with Gasteiger partial charge in [0.1, 0.15) is 12.4 Å². The zero-order valence-corrected chi connectivity index (χ0v) is 7.82. The van der Waals surface area contributed by atoms with Crippen LogP contribution in [0.2, 0.25) is 0 Å². The van der Waals surface area contributed by atoms with Crippen LogP contribution >= 0.6 is 0 Å². The summed E-state index contributed by atoms with van der Waals surface area (Å²) in [6.07, 6.45) is 5.66. The Labute approximate surface area is 81.9 Å². The van der Waals surface area contributed by atoms with E-state index in [2.05, 4.69) is 26.4 Å². The molecule has 0 aliphatic rings. The van der Waals surface area contributed by atoms with Crippen LogP contribution in [0, 0.1) is 12.3 Å². The first-order valence-corrected chi connectivity index (χ1v) is 4.08. The van der Waals surface area contributed by atoms with Gasteiger partial charge in [-0.15, -0.1) is 6.42 Å². The van der Waals surface area contributed by atoms with Crippen molar-refractivity contribution >= 4 is 11.9 Å². The normalized spacial score (nSPS) is 9.43. The first-order valence-electron chi connectivity index (χ1n) is 4.08. The van der Waals surface area contributed by atoms with Crippen LogP contribution in [0.4, 0.5) is 11.9 Å². The minimum atomic E-state index is 0.132. The predicted molar refractivity (Wildman–Crippen MR) is 52.0 cm³/mol. The third kappa shape index (κ3) is 2.88. The number of anilines is 2. The number of nitrogen functional groups attached to an aromatic ring is 1. The van der Waals surface area contributed by atoms with Gasteiger partial charge in [0, 0.05) is 6.42 Å². The molecule has 0 amide bonds. The lowest BCUT2D eigenvalue weighted by Crippen LogP contribution is -2.10. The molecule has 1 heterocycles. The molecule has 0 atom stereocenters. The molecule has 6 nitrogen and oxygen atoms in total. The molecule has 1 aromatic rings. The van der Waals surface area contributed by atoms with E-state index in [-0.39, 0.29) is 18.5 Å². The number of hydrogen-bond donors (Lipinski definition) is 2. The highest BCUT2D eigenvalue weighted by molar-refractivity contribution is 5.28. The third-order valence-corrected chi connectivity index (χ3v) is 1.33. The molecule has 3 N–H and O–H groups in total. The van der Waals surface area contributed by atoms with Crippen LogP contribution in [-0.2, 0) is 11.3 Å². The molecule has 0 fully saturated rings. The van der Waals surface area contributed by atoms with Crippen molar-refractivity contribution in [2.45, 2.75) is 13.3 Å². The van der Waals surface area contributed by atoms with Gasteiger partial charge in [0.05, 0.1) is 0 Å². The first kappa shape index (κ1) is 10.2. The third-order valence-electron chi connectivity index (χ3n) is 1.33. The second kappa shape index (κ2) is 4.99. The molecule has 0 aromatic carbocycles. The second-order valence-corrected chi connectivity index (χ2v) is 2.38. The highest BCUT2D eigenvalue weighted by Gasteiger charge is 2.01. The largest absolute Gasteiger partial charge is 0.368 e. The fourth-order valence-corrected chi connectivity index (χ4v) is 0.784. The highest BCUT2D eigenvalue weighted by Crippen LogP contribution is 2.02. The van der Waals surface area contributed by atoms with Crippen LogP contribution < -0.4 is 11.2 Å². The molecular weight excluding hydrogens is 182 g/mol. The van der Waals surface area contributed by atoms with E-state index in [9.17, 15) is 0 Å². The van der Waals surface area contributed by atoms with Gasteiger partial charge in [-0.1, -0.05) is 12.8 Å². The quantitative estimate of drug-likeness (QED) is 0.397. The first-order chi connectivity index (χ1) is 6.76. The van der Waals surface area contributed by atoms with Crippen molar-refractivity contribution in [1.82, 2.24) is 15.0 Å². The molecule has 0 bridgehead atoms. The van der Waals surface area contributed by atoms with E-state index in [1.165, 1.54) is 0 Å². The Kier molecular flexibility index (Phi) is 3.64. The fourth-order valence-electron chi connectivity index (χ4n) is 0.784. The molecule has 0 radical (unpaired) electrons. The summed E-state index contributed by atoms with van der Waals surface area (Å²) in [5.74, 6) is 3.32. The molecule has 0 saturated heterocycles. The molecule has 1 aromatic heterocycles. The van der Waals surface area contributed by atoms with E-state index in [1.54, 1.807) is 0 Å². The predicted octanol–water partition coefficient (Wildman–Crippen LogP) is -0.00710. The Morgan fingerprint density at radius 1 is 1.50 bits per heavy atom. The molecule has 0 unspecified atom stereocenters. The van der Waals surface area contributed by atoms with Crippen molar-refractivity contribution in [2.24, 2.45) is 0 Å². The van der Waals surface area contributed by atoms with Gasteiger partial charge in [-0.2, -0.15) is 15.0 Å². The van der Waals surface area contributed by atoms with E-state index < -0.39 is 0 Å². The van der Waals surface area contributed by atoms with Crippen molar-refractivity contribution in [3.8, 4) is 12.3 Å². The number of aryl methyl sites for hydroxylation is 1. The Balaban J connectivity index is 2.67. The maximum Gasteiger partial charge on any atom is 0.252 e. The smallest absolute Gasteiger partial charge is 0.252 e.